The van der Waals surface area contributed by atoms with Crippen molar-refractivity contribution in [3.05, 3.63) is 35.4 Å². The first kappa shape index (κ1) is 15.5. The fourth-order valence-electron chi connectivity index (χ4n) is 3.26. The summed E-state index contributed by atoms with van der Waals surface area (Å²) in [6, 6.07) is 8.21. The van der Waals surface area contributed by atoms with Crippen LogP contribution in [-0.2, 0) is 14.6 Å². The molecule has 1 aromatic rings. The molecule has 2 atom stereocenters. The summed E-state index contributed by atoms with van der Waals surface area (Å²) in [6.45, 7) is 2.06. The summed E-state index contributed by atoms with van der Waals surface area (Å²) in [4.78, 5) is 12.3. The van der Waals surface area contributed by atoms with E-state index < -0.39 is 9.84 Å². The lowest BCUT2D eigenvalue weighted by atomic mass is 9.90. The molecular formula is C17H23NO3S. The Morgan fingerprint density at radius 1 is 1.23 bits per heavy atom. The van der Waals surface area contributed by atoms with Gasteiger partial charge in [0.05, 0.1) is 11.5 Å². The third-order valence-electron chi connectivity index (χ3n) is 4.70. The first-order valence-electron chi connectivity index (χ1n) is 7.99. The van der Waals surface area contributed by atoms with Crippen molar-refractivity contribution in [2.45, 2.75) is 44.6 Å². The number of carbonyl (C=O) groups excluding carboxylic acids is 1. The van der Waals surface area contributed by atoms with Crippen LogP contribution in [0.5, 0.6) is 0 Å². The molecule has 0 aromatic heterocycles. The van der Waals surface area contributed by atoms with Gasteiger partial charge in [0.25, 0.3) is 0 Å². The van der Waals surface area contributed by atoms with Crippen LogP contribution in [0.4, 0.5) is 0 Å². The van der Waals surface area contributed by atoms with Crippen LogP contribution in [0.2, 0.25) is 0 Å². The number of hydrogen-bond acceptors (Lipinski definition) is 3. The second kappa shape index (κ2) is 6.03. The van der Waals surface area contributed by atoms with E-state index in [1.165, 1.54) is 24.0 Å². The summed E-state index contributed by atoms with van der Waals surface area (Å²) >= 11 is 0. The van der Waals surface area contributed by atoms with Gasteiger partial charge in [0.2, 0.25) is 5.91 Å². The van der Waals surface area contributed by atoms with Gasteiger partial charge in [-0.2, -0.15) is 0 Å². The van der Waals surface area contributed by atoms with Crippen molar-refractivity contribution in [2.75, 3.05) is 11.5 Å². The molecule has 120 valence electrons. The molecule has 0 radical (unpaired) electrons. The van der Waals surface area contributed by atoms with Crippen molar-refractivity contribution in [1.82, 2.24) is 5.32 Å². The molecule has 4 nitrogen and oxygen atoms in total. The summed E-state index contributed by atoms with van der Waals surface area (Å²) in [5.41, 5.74) is 2.45. The number of amides is 1. The highest BCUT2D eigenvalue weighted by molar-refractivity contribution is 7.91. The molecule has 0 spiro atoms. The van der Waals surface area contributed by atoms with Crippen molar-refractivity contribution in [1.29, 1.82) is 0 Å². The van der Waals surface area contributed by atoms with Crippen molar-refractivity contribution >= 4 is 15.7 Å². The molecule has 1 amide bonds. The van der Waals surface area contributed by atoms with E-state index in [1.807, 2.05) is 0 Å². The first-order valence-corrected chi connectivity index (χ1v) is 9.81. The van der Waals surface area contributed by atoms with Crippen LogP contribution in [0.1, 0.15) is 42.7 Å². The average Bonchev–Trinajstić information content (AvgIpc) is 3.23. The molecule has 1 saturated carbocycles. The maximum Gasteiger partial charge on any atom is 0.220 e. The van der Waals surface area contributed by atoms with Gasteiger partial charge < -0.3 is 5.32 Å². The van der Waals surface area contributed by atoms with Crippen LogP contribution in [0.3, 0.4) is 0 Å². The van der Waals surface area contributed by atoms with Crippen LogP contribution in [-0.4, -0.2) is 31.9 Å². The molecule has 1 aliphatic carbocycles. The van der Waals surface area contributed by atoms with E-state index in [0.29, 0.717) is 18.8 Å². The van der Waals surface area contributed by atoms with Crippen molar-refractivity contribution in [3.8, 4) is 0 Å². The van der Waals surface area contributed by atoms with Crippen LogP contribution >= 0.6 is 0 Å². The van der Waals surface area contributed by atoms with Crippen LogP contribution < -0.4 is 5.32 Å². The molecule has 1 heterocycles. The molecule has 1 aliphatic heterocycles. The number of carbonyl (C=O) groups is 1. The normalized spacial score (nSPS) is 24.9. The summed E-state index contributed by atoms with van der Waals surface area (Å²) in [5, 5.41) is 2.91. The lowest BCUT2D eigenvalue weighted by molar-refractivity contribution is -0.122. The summed E-state index contributed by atoms with van der Waals surface area (Å²) in [5.74, 6) is 1.14. The maximum atomic E-state index is 12.3. The highest BCUT2D eigenvalue weighted by Crippen LogP contribution is 2.44. The van der Waals surface area contributed by atoms with E-state index in [1.54, 1.807) is 0 Å². The van der Waals surface area contributed by atoms with Gasteiger partial charge in [-0.25, -0.2) is 8.42 Å². The Bertz CT molecular complexity index is 647. The van der Waals surface area contributed by atoms with Gasteiger partial charge >= 0.3 is 0 Å². The summed E-state index contributed by atoms with van der Waals surface area (Å²) in [6.07, 6.45) is 3.38. The zero-order chi connectivity index (χ0) is 15.7. The minimum atomic E-state index is -2.95. The third-order valence-corrected chi connectivity index (χ3v) is 6.47. The number of nitrogens with one attached hydrogen (secondary N) is 1. The molecule has 1 N–H and O–H groups in total. The Hall–Kier alpha value is -1.36. The predicted octanol–water partition coefficient (Wildman–Crippen LogP) is 2.18. The highest BCUT2D eigenvalue weighted by atomic mass is 32.2. The zero-order valence-corrected chi connectivity index (χ0v) is 13.7. The number of hydrogen-bond donors (Lipinski definition) is 1. The lowest BCUT2D eigenvalue weighted by Crippen LogP contribution is -2.36. The minimum absolute atomic E-state index is 0.0143. The maximum absolute atomic E-state index is 12.3. The number of rotatable bonds is 5. The van der Waals surface area contributed by atoms with Gasteiger partial charge in [0.1, 0.15) is 0 Å². The van der Waals surface area contributed by atoms with E-state index in [0.717, 1.165) is 0 Å². The third kappa shape index (κ3) is 3.88. The second-order valence-electron chi connectivity index (χ2n) is 6.73. The molecular weight excluding hydrogens is 298 g/mol. The second-order valence-corrected chi connectivity index (χ2v) is 8.95. The van der Waals surface area contributed by atoms with E-state index in [9.17, 15) is 13.2 Å². The Balaban J connectivity index is 1.62. The number of benzene rings is 1. The summed E-state index contributed by atoms with van der Waals surface area (Å²) < 4.78 is 22.9. The molecule has 2 fully saturated rings. The molecule has 0 bridgehead atoms. The van der Waals surface area contributed by atoms with E-state index in [4.69, 9.17) is 0 Å². The fourth-order valence-corrected chi connectivity index (χ4v) is 4.94. The largest absolute Gasteiger partial charge is 0.352 e. The van der Waals surface area contributed by atoms with Gasteiger partial charge in [-0.1, -0.05) is 29.8 Å². The minimum Gasteiger partial charge on any atom is -0.352 e. The first-order chi connectivity index (χ1) is 10.4. The van der Waals surface area contributed by atoms with Gasteiger partial charge in [-0.05, 0) is 43.6 Å². The van der Waals surface area contributed by atoms with Crippen molar-refractivity contribution < 1.29 is 13.2 Å². The van der Waals surface area contributed by atoms with E-state index >= 15 is 0 Å². The predicted molar refractivity (Wildman–Crippen MR) is 86.5 cm³/mol. The van der Waals surface area contributed by atoms with Crippen LogP contribution in [0.25, 0.3) is 0 Å². The van der Waals surface area contributed by atoms with E-state index in [2.05, 4.69) is 36.5 Å². The average molecular weight is 321 g/mol. The van der Waals surface area contributed by atoms with Gasteiger partial charge in [0.15, 0.2) is 9.84 Å². The van der Waals surface area contributed by atoms with E-state index in [-0.39, 0.29) is 29.4 Å². The number of sulfone groups is 1. The molecule has 2 unspecified atom stereocenters. The molecule has 22 heavy (non-hydrogen) atoms. The Kier molecular flexibility index (Phi) is 4.26. The van der Waals surface area contributed by atoms with Crippen molar-refractivity contribution in [2.24, 2.45) is 5.92 Å². The fraction of sp³-hybridized carbons (Fsp3) is 0.588. The SMILES string of the molecule is Cc1ccc(C(CC(=O)NC2CCS(=O)(=O)C2)C2CC2)cc1. The Morgan fingerprint density at radius 2 is 1.91 bits per heavy atom. The molecule has 5 heteroatoms. The monoisotopic (exact) mass is 321 g/mol. The van der Waals surface area contributed by atoms with Gasteiger partial charge in [-0.15, -0.1) is 0 Å². The zero-order valence-electron chi connectivity index (χ0n) is 12.9. The van der Waals surface area contributed by atoms with Crippen molar-refractivity contribution in [3.63, 3.8) is 0 Å². The Labute approximate surface area is 132 Å². The topological polar surface area (TPSA) is 63.2 Å². The van der Waals surface area contributed by atoms with Crippen LogP contribution in [0, 0.1) is 12.8 Å². The molecule has 1 saturated heterocycles. The van der Waals surface area contributed by atoms with Crippen LogP contribution in [0.15, 0.2) is 24.3 Å². The Morgan fingerprint density at radius 3 is 2.45 bits per heavy atom. The summed E-state index contributed by atoms with van der Waals surface area (Å²) in [7, 11) is -2.95. The smallest absolute Gasteiger partial charge is 0.220 e. The molecule has 3 rings (SSSR count). The number of aryl methyl sites for hydroxylation is 1. The quantitative estimate of drug-likeness (QED) is 0.904. The van der Waals surface area contributed by atoms with Gasteiger partial charge in [0, 0.05) is 12.5 Å². The molecule has 2 aliphatic rings. The highest BCUT2D eigenvalue weighted by Gasteiger charge is 2.35. The van der Waals surface area contributed by atoms with Gasteiger partial charge in [-0.3, -0.25) is 4.79 Å². The lowest BCUT2D eigenvalue weighted by Gasteiger charge is -2.18. The standard InChI is InChI=1S/C17H23NO3S/c1-12-2-4-13(5-3-12)16(14-6-7-14)10-17(19)18-15-8-9-22(20,21)11-15/h2-5,14-16H,6-11H2,1H3,(H,18,19). The molecule has 1 aromatic carbocycles.